The lowest BCUT2D eigenvalue weighted by atomic mass is 9.86. The van der Waals surface area contributed by atoms with E-state index in [0.717, 1.165) is 18.8 Å². The molecule has 2 aromatic rings. The summed E-state index contributed by atoms with van der Waals surface area (Å²) in [5.41, 5.74) is 1.33. The highest BCUT2D eigenvalue weighted by molar-refractivity contribution is 5.91. The largest absolute Gasteiger partial charge is 0.496 e. The lowest BCUT2D eigenvalue weighted by Gasteiger charge is -2.27. The van der Waals surface area contributed by atoms with Gasteiger partial charge in [0.2, 0.25) is 0 Å². The number of rotatable bonds is 4. The smallest absolute Gasteiger partial charge is 0.126 e. The van der Waals surface area contributed by atoms with E-state index in [1.807, 2.05) is 7.05 Å². The van der Waals surface area contributed by atoms with Gasteiger partial charge in [0, 0.05) is 24.0 Å². The number of hydrogen-bond donors (Lipinski definition) is 1. The van der Waals surface area contributed by atoms with Crippen LogP contribution in [-0.2, 0) is 4.74 Å². The number of hydrogen-bond acceptors (Lipinski definition) is 3. The van der Waals surface area contributed by atoms with Crippen molar-refractivity contribution in [3.63, 3.8) is 0 Å². The first-order chi connectivity index (χ1) is 10.3. The Bertz CT molecular complexity index is 626. The van der Waals surface area contributed by atoms with Crippen LogP contribution in [0.3, 0.4) is 0 Å². The quantitative estimate of drug-likeness (QED) is 0.932. The molecule has 1 N–H and O–H groups in total. The zero-order chi connectivity index (χ0) is 14.8. The minimum Gasteiger partial charge on any atom is -0.496 e. The van der Waals surface area contributed by atoms with E-state index >= 15 is 0 Å². The maximum absolute atomic E-state index is 5.76. The van der Waals surface area contributed by atoms with Crippen molar-refractivity contribution < 1.29 is 9.47 Å². The molecule has 0 bridgehead atoms. The Morgan fingerprint density at radius 1 is 1.19 bits per heavy atom. The number of fused-ring (bicyclic) bond motifs is 1. The number of methoxy groups -OCH3 is 1. The summed E-state index contributed by atoms with van der Waals surface area (Å²) in [5, 5.41) is 5.93. The Kier molecular flexibility index (Phi) is 4.13. The molecule has 0 saturated carbocycles. The summed E-state index contributed by atoms with van der Waals surface area (Å²) in [6.07, 6.45) is 1.40. The molecule has 1 heterocycles. The molecule has 3 rings (SSSR count). The average Bonchev–Trinajstić information content (AvgIpc) is 2.94. The predicted molar refractivity (Wildman–Crippen MR) is 85.8 cm³/mol. The van der Waals surface area contributed by atoms with Crippen LogP contribution in [0.1, 0.15) is 24.9 Å². The number of ether oxygens (including phenoxy) is 2. The molecule has 1 saturated heterocycles. The predicted octanol–water partition coefficient (Wildman–Crippen LogP) is 3.53. The van der Waals surface area contributed by atoms with Gasteiger partial charge in [0.05, 0.1) is 13.2 Å². The van der Waals surface area contributed by atoms with E-state index < -0.39 is 0 Å². The third-order valence-electron chi connectivity index (χ3n) is 4.65. The lowest BCUT2D eigenvalue weighted by molar-refractivity contribution is 0.0964. The van der Waals surface area contributed by atoms with Gasteiger partial charge in [-0.3, -0.25) is 0 Å². The SMILES string of the molecule is CNC(c1ccc(OC)c2ccccc12)C1CCOC1C. The van der Waals surface area contributed by atoms with Crippen molar-refractivity contribution in [3.8, 4) is 5.75 Å². The highest BCUT2D eigenvalue weighted by atomic mass is 16.5. The van der Waals surface area contributed by atoms with Gasteiger partial charge in [-0.05, 0) is 37.4 Å². The molecule has 1 aliphatic heterocycles. The standard InChI is InChI=1S/C18H23NO2/c1-12-13(10-11-21-12)18(19-2)16-8-9-17(20-3)15-7-5-4-6-14(15)16/h4-9,12-13,18-19H,10-11H2,1-3H3. The van der Waals surface area contributed by atoms with Crippen LogP contribution in [0, 0.1) is 5.92 Å². The topological polar surface area (TPSA) is 30.5 Å². The fourth-order valence-electron chi connectivity index (χ4n) is 3.53. The average molecular weight is 285 g/mol. The van der Waals surface area contributed by atoms with Crippen LogP contribution in [0.2, 0.25) is 0 Å². The van der Waals surface area contributed by atoms with E-state index in [2.05, 4.69) is 48.6 Å². The van der Waals surface area contributed by atoms with Crippen molar-refractivity contribution in [1.82, 2.24) is 5.32 Å². The molecule has 0 amide bonds. The zero-order valence-electron chi connectivity index (χ0n) is 12.9. The van der Waals surface area contributed by atoms with E-state index in [-0.39, 0.29) is 0 Å². The Morgan fingerprint density at radius 3 is 2.57 bits per heavy atom. The number of benzene rings is 2. The monoisotopic (exact) mass is 285 g/mol. The van der Waals surface area contributed by atoms with Gasteiger partial charge in [0.15, 0.2) is 0 Å². The molecule has 3 nitrogen and oxygen atoms in total. The molecule has 112 valence electrons. The van der Waals surface area contributed by atoms with Gasteiger partial charge in [0.25, 0.3) is 0 Å². The van der Waals surface area contributed by atoms with Gasteiger partial charge in [-0.2, -0.15) is 0 Å². The van der Waals surface area contributed by atoms with Gasteiger partial charge in [-0.25, -0.2) is 0 Å². The normalized spacial score (nSPS) is 23.4. The maximum atomic E-state index is 5.76. The lowest BCUT2D eigenvalue weighted by Crippen LogP contribution is -2.29. The highest BCUT2D eigenvalue weighted by Gasteiger charge is 2.32. The first-order valence-electron chi connectivity index (χ1n) is 7.60. The minimum atomic E-state index is 0.295. The van der Waals surface area contributed by atoms with Gasteiger partial charge in [0.1, 0.15) is 5.75 Å². The van der Waals surface area contributed by atoms with E-state index in [1.165, 1.54) is 16.3 Å². The Morgan fingerprint density at radius 2 is 1.95 bits per heavy atom. The van der Waals surface area contributed by atoms with E-state index in [1.54, 1.807) is 7.11 Å². The summed E-state index contributed by atoms with van der Waals surface area (Å²) in [7, 11) is 3.76. The summed E-state index contributed by atoms with van der Waals surface area (Å²) >= 11 is 0. The second kappa shape index (κ2) is 6.04. The Labute approximate surface area is 126 Å². The maximum Gasteiger partial charge on any atom is 0.126 e. The van der Waals surface area contributed by atoms with Crippen LogP contribution in [0.4, 0.5) is 0 Å². The summed E-state index contributed by atoms with van der Waals surface area (Å²) in [4.78, 5) is 0. The molecule has 0 spiro atoms. The van der Waals surface area contributed by atoms with Gasteiger partial charge < -0.3 is 14.8 Å². The fraction of sp³-hybridized carbons (Fsp3) is 0.444. The van der Waals surface area contributed by atoms with Crippen LogP contribution >= 0.6 is 0 Å². The van der Waals surface area contributed by atoms with Crippen LogP contribution < -0.4 is 10.1 Å². The molecular formula is C18H23NO2. The third-order valence-corrected chi connectivity index (χ3v) is 4.65. The second-order valence-electron chi connectivity index (χ2n) is 5.70. The van der Waals surface area contributed by atoms with Crippen LogP contribution in [0.25, 0.3) is 10.8 Å². The van der Waals surface area contributed by atoms with E-state index in [4.69, 9.17) is 9.47 Å². The van der Waals surface area contributed by atoms with Crippen LogP contribution in [0.15, 0.2) is 36.4 Å². The molecule has 1 fully saturated rings. The highest BCUT2D eigenvalue weighted by Crippen LogP contribution is 2.38. The van der Waals surface area contributed by atoms with Gasteiger partial charge in [-0.1, -0.05) is 30.3 Å². The number of nitrogens with one attached hydrogen (secondary N) is 1. The third kappa shape index (κ3) is 2.52. The first-order valence-corrected chi connectivity index (χ1v) is 7.60. The molecule has 21 heavy (non-hydrogen) atoms. The van der Waals surface area contributed by atoms with Gasteiger partial charge in [-0.15, -0.1) is 0 Å². The molecule has 3 atom stereocenters. The Hall–Kier alpha value is -1.58. The summed E-state index contributed by atoms with van der Waals surface area (Å²) in [6.45, 7) is 3.03. The molecule has 3 unspecified atom stereocenters. The van der Waals surface area contributed by atoms with Gasteiger partial charge >= 0.3 is 0 Å². The minimum absolute atomic E-state index is 0.295. The van der Waals surface area contributed by atoms with Crippen molar-refractivity contribution in [2.75, 3.05) is 20.8 Å². The first kappa shape index (κ1) is 14.4. The molecule has 3 heteroatoms. The van der Waals surface area contributed by atoms with Crippen LogP contribution in [0.5, 0.6) is 5.75 Å². The fourth-order valence-corrected chi connectivity index (χ4v) is 3.53. The zero-order valence-corrected chi connectivity index (χ0v) is 12.9. The molecule has 1 aliphatic rings. The molecular weight excluding hydrogens is 262 g/mol. The molecule has 0 aliphatic carbocycles. The van der Waals surface area contributed by atoms with Crippen molar-refractivity contribution in [3.05, 3.63) is 42.0 Å². The van der Waals surface area contributed by atoms with E-state index in [9.17, 15) is 0 Å². The van der Waals surface area contributed by atoms with Crippen molar-refractivity contribution in [2.45, 2.75) is 25.5 Å². The summed E-state index contributed by atoms with van der Waals surface area (Å²) < 4.78 is 11.3. The Balaban J connectivity index is 2.10. The van der Waals surface area contributed by atoms with Crippen LogP contribution in [-0.4, -0.2) is 26.9 Å². The van der Waals surface area contributed by atoms with Crippen molar-refractivity contribution in [1.29, 1.82) is 0 Å². The summed E-state index contributed by atoms with van der Waals surface area (Å²) in [6, 6.07) is 13.0. The van der Waals surface area contributed by atoms with Crippen molar-refractivity contribution in [2.24, 2.45) is 5.92 Å². The molecule has 0 radical (unpaired) electrons. The van der Waals surface area contributed by atoms with Crippen molar-refractivity contribution >= 4 is 10.8 Å². The molecule has 2 aromatic carbocycles. The second-order valence-corrected chi connectivity index (χ2v) is 5.70. The van der Waals surface area contributed by atoms with E-state index in [0.29, 0.717) is 18.1 Å². The molecule has 0 aromatic heterocycles. The summed E-state index contributed by atoms with van der Waals surface area (Å²) in [5.74, 6) is 1.44.